The number of aromatic nitrogens is 3. The monoisotopic (exact) mass is 474 g/mol. The Kier molecular flexibility index (Phi) is 5.44. The Morgan fingerprint density at radius 3 is 2.40 bits per heavy atom. The van der Waals surface area contributed by atoms with Gasteiger partial charge >= 0.3 is 0 Å². The van der Waals surface area contributed by atoms with Gasteiger partial charge in [0.25, 0.3) is 0 Å². The molecule has 0 fully saturated rings. The first kappa shape index (κ1) is 21.4. The van der Waals surface area contributed by atoms with E-state index in [1.54, 1.807) is 0 Å². The highest BCUT2D eigenvalue weighted by atomic mass is 35.5. The highest BCUT2D eigenvalue weighted by Gasteiger charge is 2.16. The molecule has 0 saturated carbocycles. The second-order valence-corrected chi connectivity index (χ2v) is 9.02. The third-order valence-corrected chi connectivity index (χ3v) is 6.77. The van der Waals surface area contributed by atoms with Gasteiger partial charge in [-0.25, -0.2) is 0 Å². The molecule has 0 saturated heterocycles. The third kappa shape index (κ3) is 3.92. The first-order valence-electron chi connectivity index (χ1n) is 11.6. The number of para-hydroxylation sites is 1. The molecule has 2 heterocycles. The molecular weight excluding hydrogens is 452 g/mol. The predicted molar refractivity (Wildman–Crippen MR) is 146 cm³/mol. The summed E-state index contributed by atoms with van der Waals surface area (Å²) in [6.45, 7) is 0.724. The molecule has 0 bridgehead atoms. The number of anilines is 1. The van der Waals surface area contributed by atoms with Gasteiger partial charge in [0.2, 0.25) is 0 Å². The first-order valence-corrected chi connectivity index (χ1v) is 11.9. The Morgan fingerprint density at radius 2 is 1.54 bits per heavy atom. The molecule has 0 spiro atoms. The fraction of sp³-hybridized carbons (Fsp3) is 0.0667. The van der Waals surface area contributed by atoms with Gasteiger partial charge in [0.15, 0.2) is 0 Å². The summed E-state index contributed by atoms with van der Waals surface area (Å²) in [6, 6.07) is 35.2. The number of hydrogen-bond donors (Lipinski definition) is 1. The van der Waals surface area contributed by atoms with Gasteiger partial charge in [-0.1, -0.05) is 84.4 Å². The van der Waals surface area contributed by atoms with Crippen LogP contribution in [0.1, 0.15) is 5.69 Å². The molecule has 4 nitrogen and oxygen atoms in total. The maximum absolute atomic E-state index is 6.49. The molecule has 1 N–H and O–H groups in total. The lowest BCUT2D eigenvalue weighted by Gasteiger charge is -2.14. The fourth-order valence-electron chi connectivity index (χ4n) is 4.68. The van der Waals surface area contributed by atoms with Crippen molar-refractivity contribution in [3.05, 3.63) is 114 Å². The van der Waals surface area contributed by atoms with Gasteiger partial charge < -0.3 is 9.88 Å². The maximum atomic E-state index is 6.49. The first-order chi connectivity index (χ1) is 17.2. The zero-order valence-corrected chi connectivity index (χ0v) is 20.0. The number of nitrogens with zero attached hydrogens (tertiary/aromatic N) is 3. The molecule has 0 atom stereocenters. The normalized spacial score (nSPS) is 11.3. The van der Waals surface area contributed by atoms with Gasteiger partial charge in [-0.3, -0.25) is 0 Å². The van der Waals surface area contributed by atoms with Crippen LogP contribution in [0.5, 0.6) is 0 Å². The molecule has 0 radical (unpaired) electrons. The lowest BCUT2D eigenvalue weighted by atomic mass is 9.95. The van der Waals surface area contributed by atoms with Crippen molar-refractivity contribution in [2.24, 2.45) is 7.05 Å². The number of rotatable bonds is 5. The standard InChI is InChI=1S/C30H23ClN4/c1-35-24(18-21-11-5-6-16-27(21)35)19-32-23-13-7-12-22(17-23)28-25-14-8-15-26(31)30(25)34-33-29(28)20-9-3-2-4-10-20/h2-18,32H,19H2,1H3. The van der Waals surface area contributed by atoms with E-state index in [0.29, 0.717) is 10.5 Å². The number of fused-ring (bicyclic) bond motifs is 2. The number of halogens is 1. The van der Waals surface area contributed by atoms with Gasteiger partial charge in [0, 0.05) is 40.5 Å². The average molecular weight is 475 g/mol. The van der Waals surface area contributed by atoms with Crippen molar-refractivity contribution >= 4 is 39.1 Å². The van der Waals surface area contributed by atoms with Crippen LogP contribution in [-0.4, -0.2) is 14.8 Å². The van der Waals surface area contributed by atoms with Crippen molar-refractivity contribution in [2.45, 2.75) is 6.54 Å². The van der Waals surface area contributed by atoms with Crippen molar-refractivity contribution in [1.29, 1.82) is 0 Å². The predicted octanol–water partition coefficient (Wildman–Crippen LogP) is 7.72. The molecule has 4 aromatic carbocycles. The number of aryl methyl sites for hydroxylation is 1. The van der Waals surface area contributed by atoms with Crippen LogP contribution in [0.2, 0.25) is 5.02 Å². The number of nitrogens with one attached hydrogen (secondary N) is 1. The zero-order valence-electron chi connectivity index (χ0n) is 19.2. The second-order valence-electron chi connectivity index (χ2n) is 8.61. The van der Waals surface area contributed by atoms with Crippen molar-refractivity contribution in [3.8, 4) is 22.4 Å². The van der Waals surface area contributed by atoms with Gasteiger partial charge in [0.1, 0.15) is 11.2 Å². The van der Waals surface area contributed by atoms with Crippen LogP contribution in [0.3, 0.4) is 0 Å². The molecule has 0 unspecified atom stereocenters. The third-order valence-electron chi connectivity index (χ3n) is 6.47. The molecule has 0 aliphatic rings. The molecule has 6 aromatic rings. The maximum Gasteiger partial charge on any atom is 0.112 e. The molecule has 170 valence electrons. The molecule has 6 rings (SSSR count). The molecule has 0 aliphatic carbocycles. The quantitative estimate of drug-likeness (QED) is 0.278. The van der Waals surface area contributed by atoms with Crippen LogP contribution in [0.4, 0.5) is 5.69 Å². The molecule has 5 heteroatoms. The minimum absolute atomic E-state index is 0.598. The van der Waals surface area contributed by atoms with Crippen LogP contribution in [0.15, 0.2) is 103 Å². The van der Waals surface area contributed by atoms with E-state index >= 15 is 0 Å². The minimum atomic E-state index is 0.598. The van der Waals surface area contributed by atoms with Gasteiger partial charge in [-0.05, 0) is 41.3 Å². The summed E-state index contributed by atoms with van der Waals surface area (Å²) < 4.78 is 2.24. The van der Waals surface area contributed by atoms with Crippen LogP contribution in [-0.2, 0) is 13.6 Å². The minimum Gasteiger partial charge on any atom is -0.379 e. The summed E-state index contributed by atoms with van der Waals surface area (Å²) in [7, 11) is 2.11. The lowest BCUT2D eigenvalue weighted by Crippen LogP contribution is -2.04. The molecule has 0 amide bonds. The summed E-state index contributed by atoms with van der Waals surface area (Å²) in [6.07, 6.45) is 0. The van der Waals surface area contributed by atoms with E-state index in [9.17, 15) is 0 Å². The summed E-state index contributed by atoms with van der Waals surface area (Å²) in [5, 5.41) is 15.5. The van der Waals surface area contributed by atoms with Gasteiger partial charge in [-0.2, -0.15) is 0 Å². The van der Waals surface area contributed by atoms with Gasteiger partial charge in [0.05, 0.1) is 11.6 Å². The lowest BCUT2D eigenvalue weighted by molar-refractivity contribution is 0.871. The molecule has 0 aliphatic heterocycles. The number of benzene rings is 4. The molecule has 35 heavy (non-hydrogen) atoms. The van der Waals surface area contributed by atoms with Crippen molar-refractivity contribution in [1.82, 2.24) is 14.8 Å². The fourth-order valence-corrected chi connectivity index (χ4v) is 4.89. The van der Waals surface area contributed by atoms with Crippen molar-refractivity contribution in [2.75, 3.05) is 5.32 Å². The van der Waals surface area contributed by atoms with Crippen LogP contribution >= 0.6 is 11.6 Å². The number of hydrogen-bond acceptors (Lipinski definition) is 3. The smallest absolute Gasteiger partial charge is 0.112 e. The van der Waals surface area contributed by atoms with E-state index < -0.39 is 0 Å². The van der Waals surface area contributed by atoms with Crippen LogP contribution < -0.4 is 5.32 Å². The Labute approximate surface area is 208 Å². The van der Waals surface area contributed by atoms with E-state index in [4.69, 9.17) is 11.6 Å². The SMILES string of the molecule is Cn1c(CNc2cccc(-c3c(-c4ccccc4)nnc4c(Cl)cccc34)c2)cc2ccccc21. The van der Waals surface area contributed by atoms with E-state index in [-0.39, 0.29) is 0 Å². The van der Waals surface area contributed by atoms with Gasteiger partial charge in [-0.15, -0.1) is 10.2 Å². The highest BCUT2D eigenvalue weighted by molar-refractivity contribution is 6.35. The summed E-state index contributed by atoms with van der Waals surface area (Å²) in [5.74, 6) is 0. The van der Waals surface area contributed by atoms with E-state index in [2.05, 4.69) is 99.9 Å². The Morgan fingerprint density at radius 1 is 0.771 bits per heavy atom. The molecule has 2 aromatic heterocycles. The Hall–Kier alpha value is -4.15. The summed E-state index contributed by atoms with van der Waals surface area (Å²) >= 11 is 6.49. The van der Waals surface area contributed by atoms with Crippen molar-refractivity contribution in [3.63, 3.8) is 0 Å². The summed E-state index contributed by atoms with van der Waals surface area (Å²) in [4.78, 5) is 0. The second kappa shape index (κ2) is 8.90. The topological polar surface area (TPSA) is 42.7 Å². The zero-order chi connectivity index (χ0) is 23.8. The van der Waals surface area contributed by atoms with E-state index in [0.717, 1.165) is 40.0 Å². The summed E-state index contributed by atoms with van der Waals surface area (Å²) in [5.41, 5.74) is 8.15. The van der Waals surface area contributed by atoms with E-state index in [1.165, 1.54) is 16.6 Å². The van der Waals surface area contributed by atoms with Crippen LogP contribution in [0, 0.1) is 0 Å². The Bertz CT molecular complexity index is 1670. The largest absolute Gasteiger partial charge is 0.379 e. The van der Waals surface area contributed by atoms with Crippen molar-refractivity contribution < 1.29 is 0 Å². The Balaban J connectivity index is 1.42. The average Bonchev–Trinajstić information content (AvgIpc) is 3.23. The molecular formula is C30H23ClN4. The highest BCUT2D eigenvalue weighted by Crippen LogP contribution is 2.38. The van der Waals surface area contributed by atoms with Crippen LogP contribution in [0.25, 0.3) is 44.2 Å². The van der Waals surface area contributed by atoms with E-state index in [1.807, 2.05) is 30.3 Å².